The Hall–Kier alpha value is -2.49. The number of benzene rings is 1. The average Bonchev–Trinajstić information content (AvgIpc) is 3.24. The summed E-state index contributed by atoms with van der Waals surface area (Å²) < 4.78 is 0. The van der Waals surface area contributed by atoms with Gasteiger partial charge in [0.15, 0.2) is 0 Å². The van der Waals surface area contributed by atoms with Gasteiger partial charge in [0.05, 0.1) is 27.2 Å². The van der Waals surface area contributed by atoms with Crippen molar-refractivity contribution in [3.8, 4) is 16.6 Å². The highest BCUT2D eigenvalue weighted by atomic mass is 32.1. The minimum absolute atomic E-state index is 0.119. The van der Waals surface area contributed by atoms with Crippen molar-refractivity contribution >= 4 is 28.6 Å². The maximum Gasteiger partial charge on any atom is 0.251 e. The smallest absolute Gasteiger partial charge is 0.251 e. The maximum atomic E-state index is 12.1. The lowest BCUT2D eigenvalue weighted by molar-refractivity contribution is 0.0954. The lowest BCUT2D eigenvalue weighted by Gasteiger charge is -2.04. The highest BCUT2D eigenvalue weighted by Crippen LogP contribution is 2.29. The van der Waals surface area contributed by atoms with Gasteiger partial charge in [-0.3, -0.25) is 4.79 Å². The molecule has 3 aromatic rings. The quantitative estimate of drug-likeness (QED) is 0.753. The molecule has 1 aromatic carbocycles. The molecule has 0 fully saturated rings. The minimum atomic E-state index is -0.119. The Morgan fingerprint density at radius 2 is 2.04 bits per heavy atom. The summed E-state index contributed by atoms with van der Waals surface area (Å²) in [7, 11) is 0. The Labute approximate surface area is 148 Å². The zero-order valence-electron chi connectivity index (χ0n) is 13.1. The number of rotatable bonds is 5. The fraction of sp³-hybridized carbons (Fsp3) is 0.167. The van der Waals surface area contributed by atoms with Gasteiger partial charge < -0.3 is 5.32 Å². The standard InChI is InChI=1S/C18H15N3OS2/c1-12-21-16(11-23-12)17-7-6-15(24-17)8-9-20-18(22)14-4-2-13(10-19)3-5-14/h2-7,11H,8-9H2,1H3,(H,20,22). The molecule has 0 saturated heterocycles. The third-order valence-corrected chi connectivity index (χ3v) is 5.41. The maximum absolute atomic E-state index is 12.1. The Balaban J connectivity index is 1.53. The summed E-state index contributed by atoms with van der Waals surface area (Å²) in [5, 5.41) is 14.8. The molecule has 3 rings (SSSR count). The summed E-state index contributed by atoms with van der Waals surface area (Å²) in [6.45, 7) is 2.58. The molecule has 0 aliphatic rings. The third kappa shape index (κ3) is 3.88. The molecule has 0 bridgehead atoms. The molecule has 24 heavy (non-hydrogen) atoms. The summed E-state index contributed by atoms with van der Waals surface area (Å²) >= 11 is 3.36. The van der Waals surface area contributed by atoms with Gasteiger partial charge >= 0.3 is 0 Å². The largest absolute Gasteiger partial charge is 0.352 e. The van der Waals surface area contributed by atoms with Crippen LogP contribution in [0.25, 0.3) is 10.6 Å². The van der Waals surface area contributed by atoms with Crippen LogP contribution in [0, 0.1) is 18.3 Å². The second-order valence-corrected chi connectivity index (χ2v) is 7.44. The van der Waals surface area contributed by atoms with Crippen LogP contribution in [0.3, 0.4) is 0 Å². The van der Waals surface area contributed by atoms with E-state index in [1.165, 1.54) is 4.88 Å². The topological polar surface area (TPSA) is 65.8 Å². The monoisotopic (exact) mass is 353 g/mol. The van der Waals surface area contributed by atoms with Crippen LogP contribution >= 0.6 is 22.7 Å². The number of thiophene rings is 1. The van der Waals surface area contributed by atoms with Crippen molar-refractivity contribution in [1.82, 2.24) is 10.3 Å². The van der Waals surface area contributed by atoms with E-state index in [1.807, 2.05) is 13.0 Å². The van der Waals surface area contributed by atoms with Crippen LogP contribution in [-0.2, 0) is 6.42 Å². The van der Waals surface area contributed by atoms with Crippen LogP contribution in [0.1, 0.15) is 25.8 Å². The SMILES string of the molecule is Cc1nc(-c2ccc(CCNC(=O)c3ccc(C#N)cc3)s2)cs1. The Morgan fingerprint density at radius 3 is 2.71 bits per heavy atom. The number of thiazole rings is 1. The predicted octanol–water partition coefficient (Wildman–Crippen LogP) is 4.02. The number of carbonyl (C=O) groups is 1. The van der Waals surface area contributed by atoms with E-state index in [1.54, 1.807) is 46.9 Å². The number of carbonyl (C=O) groups excluding carboxylic acids is 1. The van der Waals surface area contributed by atoms with Crippen LogP contribution in [-0.4, -0.2) is 17.4 Å². The number of hydrogen-bond donors (Lipinski definition) is 1. The second-order valence-electron chi connectivity index (χ2n) is 5.21. The average molecular weight is 353 g/mol. The van der Waals surface area contributed by atoms with Crippen LogP contribution < -0.4 is 5.32 Å². The second kappa shape index (κ2) is 7.39. The predicted molar refractivity (Wildman–Crippen MR) is 97.4 cm³/mol. The normalized spacial score (nSPS) is 10.3. The fourth-order valence-corrected chi connectivity index (χ4v) is 3.88. The molecule has 0 aliphatic carbocycles. The summed E-state index contributed by atoms with van der Waals surface area (Å²) in [6.07, 6.45) is 0.788. The lowest BCUT2D eigenvalue weighted by atomic mass is 10.1. The zero-order chi connectivity index (χ0) is 16.9. The molecule has 0 atom stereocenters. The van der Waals surface area contributed by atoms with Gasteiger partial charge in [0, 0.05) is 22.4 Å². The summed E-state index contributed by atoms with van der Waals surface area (Å²) in [4.78, 5) is 18.9. The Morgan fingerprint density at radius 1 is 1.25 bits per heavy atom. The van der Waals surface area contributed by atoms with Crippen molar-refractivity contribution in [3.63, 3.8) is 0 Å². The summed E-state index contributed by atoms with van der Waals surface area (Å²) in [5.74, 6) is -0.119. The minimum Gasteiger partial charge on any atom is -0.352 e. The number of nitrogens with zero attached hydrogens (tertiary/aromatic N) is 2. The van der Waals surface area contributed by atoms with Gasteiger partial charge in [0.25, 0.3) is 5.91 Å². The molecule has 1 N–H and O–H groups in total. The van der Waals surface area contributed by atoms with Gasteiger partial charge in [-0.2, -0.15) is 5.26 Å². The molecule has 2 heterocycles. The van der Waals surface area contributed by atoms with Crippen molar-refractivity contribution in [2.75, 3.05) is 6.54 Å². The first-order chi connectivity index (χ1) is 11.7. The lowest BCUT2D eigenvalue weighted by Crippen LogP contribution is -2.25. The Bertz CT molecular complexity index is 888. The van der Waals surface area contributed by atoms with Crippen molar-refractivity contribution in [1.29, 1.82) is 5.26 Å². The molecular weight excluding hydrogens is 338 g/mol. The fourth-order valence-electron chi connectivity index (χ4n) is 2.22. The van der Waals surface area contributed by atoms with E-state index >= 15 is 0 Å². The van der Waals surface area contributed by atoms with Crippen molar-refractivity contribution in [2.45, 2.75) is 13.3 Å². The molecule has 6 heteroatoms. The molecule has 0 aliphatic heterocycles. The molecule has 120 valence electrons. The molecule has 1 amide bonds. The van der Waals surface area contributed by atoms with Gasteiger partial charge in [-0.1, -0.05) is 0 Å². The van der Waals surface area contributed by atoms with E-state index in [0.29, 0.717) is 17.7 Å². The van der Waals surface area contributed by atoms with E-state index in [0.717, 1.165) is 22.0 Å². The van der Waals surface area contributed by atoms with Crippen LogP contribution in [0.2, 0.25) is 0 Å². The van der Waals surface area contributed by atoms with Gasteiger partial charge in [0.2, 0.25) is 0 Å². The van der Waals surface area contributed by atoms with E-state index in [4.69, 9.17) is 5.26 Å². The summed E-state index contributed by atoms with van der Waals surface area (Å²) in [6, 6.07) is 12.8. The van der Waals surface area contributed by atoms with E-state index in [9.17, 15) is 4.79 Å². The molecular formula is C18H15N3OS2. The molecule has 0 saturated carbocycles. The van der Waals surface area contributed by atoms with Gasteiger partial charge in [-0.25, -0.2) is 4.98 Å². The van der Waals surface area contributed by atoms with Gasteiger partial charge in [0.1, 0.15) is 0 Å². The number of aromatic nitrogens is 1. The number of nitrogens with one attached hydrogen (secondary N) is 1. The molecule has 0 spiro atoms. The number of aryl methyl sites for hydroxylation is 1. The molecule has 4 nitrogen and oxygen atoms in total. The van der Waals surface area contributed by atoms with E-state index in [2.05, 4.69) is 27.8 Å². The van der Waals surface area contributed by atoms with E-state index in [-0.39, 0.29) is 5.91 Å². The first kappa shape index (κ1) is 16.4. The number of nitriles is 1. The van der Waals surface area contributed by atoms with Crippen molar-refractivity contribution < 1.29 is 4.79 Å². The van der Waals surface area contributed by atoms with Crippen LogP contribution in [0.4, 0.5) is 0 Å². The van der Waals surface area contributed by atoms with E-state index < -0.39 is 0 Å². The summed E-state index contributed by atoms with van der Waals surface area (Å²) in [5.41, 5.74) is 2.14. The van der Waals surface area contributed by atoms with Crippen molar-refractivity contribution in [3.05, 3.63) is 62.8 Å². The Kier molecular flexibility index (Phi) is 5.04. The molecule has 0 radical (unpaired) electrons. The van der Waals surface area contributed by atoms with Crippen LogP contribution in [0.15, 0.2) is 41.8 Å². The highest BCUT2D eigenvalue weighted by Gasteiger charge is 2.08. The third-order valence-electron chi connectivity index (χ3n) is 3.47. The molecule has 0 unspecified atom stereocenters. The number of hydrogen-bond acceptors (Lipinski definition) is 5. The van der Waals surface area contributed by atoms with Gasteiger partial charge in [-0.15, -0.1) is 22.7 Å². The van der Waals surface area contributed by atoms with Crippen molar-refractivity contribution in [2.24, 2.45) is 0 Å². The first-order valence-corrected chi connectivity index (χ1v) is 9.15. The first-order valence-electron chi connectivity index (χ1n) is 7.45. The zero-order valence-corrected chi connectivity index (χ0v) is 14.7. The van der Waals surface area contributed by atoms with Crippen LogP contribution in [0.5, 0.6) is 0 Å². The molecule has 2 aromatic heterocycles. The number of amides is 1. The van der Waals surface area contributed by atoms with Gasteiger partial charge in [-0.05, 0) is 49.7 Å². The highest BCUT2D eigenvalue weighted by molar-refractivity contribution is 7.16.